The summed E-state index contributed by atoms with van der Waals surface area (Å²) in [7, 11) is 0. The molecule has 2 N–H and O–H groups in total. The van der Waals surface area contributed by atoms with Gasteiger partial charge < -0.3 is 14.9 Å². The molecule has 1 saturated carbocycles. The van der Waals surface area contributed by atoms with Crippen LogP contribution in [-0.4, -0.2) is 23.4 Å². The lowest BCUT2D eigenvalue weighted by Gasteiger charge is -2.28. The minimum absolute atomic E-state index is 0.368. The molecule has 0 aromatic carbocycles. The van der Waals surface area contributed by atoms with E-state index in [2.05, 4.69) is 17.9 Å². The van der Waals surface area contributed by atoms with Gasteiger partial charge in [-0.15, -0.1) is 0 Å². The summed E-state index contributed by atoms with van der Waals surface area (Å²) in [5.41, 5.74) is 0. The van der Waals surface area contributed by atoms with E-state index in [4.69, 9.17) is 10.2 Å². The van der Waals surface area contributed by atoms with Gasteiger partial charge in [-0.1, -0.05) is 116 Å². The van der Waals surface area contributed by atoms with E-state index in [9.17, 15) is 0 Å². The third-order valence-corrected chi connectivity index (χ3v) is 6.20. The Kier molecular flexibility index (Phi) is 22.8. The molecule has 3 heteroatoms. The van der Waals surface area contributed by atoms with Gasteiger partial charge in [-0.05, 0) is 24.7 Å². The van der Waals surface area contributed by atoms with Crippen LogP contribution in [0.2, 0.25) is 0 Å². The van der Waals surface area contributed by atoms with Crippen LogP contribution in [0, 0.1) is 11.8 Å². The van der Waals surface area contributed by atoms with Crippen LogP contribution in [0.25, 0.3) is 0 Å². The number of ether oxygens (including phenoxy) is 1. The van der Waals surface area contributed by atoms with Gasteiger partial charge in [0.1, 0.15) is 0 Å². The molecule has 0 bridgehead atoms. The van der Waals surface area contributed by atoms with Crippen LogP contribution in [0.1, 0.15) is 116 Å². The molecule has 0 saturated heterocycles. The third kappa shape index (κ3) is 20.3. The van der Waals surface area contributed by atoms with E-state index in [0.717, 1.165) is 24.7 Å². The van der Waals surface area contributed by atoms with Gasteiger partial charge in [0.15, 0.2) is 0 Å². The van der Waals surface area contributed by atoms with Crippen molar-refractivity contribution in [3.05, 3.63) is 25.7 Å². The summed E-state index contributed by atoms with van der Waals surface area (Å²) in [4.78, 5) is 0. The van der Waals surface area contributed by atoms with Crippen LogP contribution in [0.5, 0.6) is 0 Å². The second-order valence-electron chi connectivity index (χ2n) is 8.62. The first kappa shape index (κ1) is 28.2. The van der Waals surface area contributed by atoms with Crippen molar-refractivity contribution in [2.45, 2.75) is 116 Å². The molecule has 3 nitrogen and oxygen atoms in total. The summed E-state index contributed by atoms with van der Waals surface area (Å²) in [6, 6.07) is 0. The molecule has 1 fully saturated rings. The zero-order valence-corrected chi connectivity index (χ0v) is 19.2. The molecule has 0 atom stereocenters. The maximum absolute atomic E-state index is 8.76. The molecule has 0 spiro atoms. The third-order valence-electron chi connectivity index (χ3n) is 6.20. The van der Waals surface area contributed by atoms with Crippen LogP contribution < -0.4 is 0 Å². The quantitative estimate of drug-likeness (QED) is 0.181. The van der Waals surface area contributed by atoms with Crippen LogP contribution in [0.4, 0.5) is 0 Å². The number of rotatable bonds is 18. The summed E-state index contributed by atoms with van der Waals surface area (Å²) in [6.07, 6.45) is 27.0. The van der Waals surface area contributed by atoms with E-state index in [1.54, 1.807) is 0 Å². The second kappa shape index (κ2) is 23.5. The summed E-state index contributed by atoms with van der Waals surface area (Å²) >= 11 is 0. The van der Waals surface area contributed by atoms with Crippen LogP contribution in [-0.2, 0) is 4.74 Å². The molecule has 172 valence electrons. The average Bonchev–Trinajstić information content (AvgIpc) is 2.74. The number of unbranched alkanes of at least 4 members (excludes halogenated alkanes) is 10. The minimum Gasteiger partial charge on any atom is -0.474 e. The smallest absolute Gasteiger partial charge is 0.0829 e. The first-order valence-electron chi connectivity index (χ1n) is 12.4. The Morgan fingerprint density at radius 1 is 0.552 bits per heavy atom. The lowest BCUT2D eigenvalue weighted by Crippen LogP contribution is -2.14. The predicted molar refractivity (Wildman–Crippen MR) is 126 cm³/mol. The second-order valence-corrected chi connectivity index (χ2v) is 8.62. The van der Waals surface area contributed by atoms with E-state index in [1.165, 1.54) is 115 Å². The van der Waals surface area contributed by atoms with Gasteiger partial charge in [-0.2, -0.15) is 0 Å². The number of hydrogen-bond donors (Lipinski definition) is 2. The van der Waals surface area contributed by atoms with E-state index in [1.807, 2.05) is 0 Å². The molecule has 29 heavy (non-hydrogen) atoms. The molecule has 0 aromatic heterocycles. The van der Waals surface area contributed by atoms with Crippen molar-refractivity contribution in [2.24, 2.45) is 11.8 Å². The molecule has 1 rings (SSSR count). The highest BCUT2D eigenvalue weighted by Crippen LogP contribution is 2.34. The Hall–Kier alpha value is -0.800. The highest BCUT2D eigenvalue weighted by Gasteiger charge is 2.20. The largest absolute Gasteiger partial charge is 0.474 e. The SMILES string of the molecule is C=COC=C.OCCCCCCCCC1CCC(CCCCCCCCO)CC1. The minimum atomic E-state index is 0.368. The molecule has 0 radical (unpaired) electrons. The van der Waals surface area contributed by atoms with Crippen molar-refractivity contribution in [3.8, 4) is 0 Å². The molecular weight excluding hydrogens is 360 g/mol. The Morgan fingerprint density at radius 2 is 0.862 bits per heavy atom. The van der Waals surface area contributed by atoms with E-state index >= 15 is 0 Å². The lowest BCUT2D eigenvalue weighted by molar-refractivity contribution is 0.243. The van der Waals surface area contributed by atoms with E-state index in [0.29, 0.717) is 13.2 Å². The zero-order valence-electron chi connectivity index (χ0n) is 19.2. The Morgan fingerprint density at radius 3 is 1.14 bits per heavy atom. The van der Waals surface area contributed by atoms with Gasteiger partial charge in [0.05, 0.1) is 12.5 Å². The van der Waals surface area contributed by atoms with E-state index in [-0.39, 0.29) is 0 Å². The van der Waals surface area contributed by atoms with Crippen LogP contribution in [0.3, 0.4) is 0 Å². The van der Waals surface area contributed by atoms with Gasteiger partial charge in [0.2, 0.25) is 0 Å². The molecule has 1 aliphatic carbocycles. The first-order chi connectivity index (χ1) is 14.3. The molecule has 0 aromatic rings. The molecule has 0 unspecified atom stereocenters. The van der Waals surface area contributed by atoms with Crippen molar-refractivity contribution < 1.29 is 14.9 Å². The topological polar surface area (TPSA) is 49.7 Å². The average molecular weight is 411 g/mol. The van der Waals surface area contributed by atoms with Gasteiger partial charge in [-0.3, -0.25) is 0 Å². The standard InChI is InChI=1S/C22H44O2.C4H6O/c23-19-11-7-3-1-5-9-13-21-15-17-22(18-16-21)14-10-6-2-4-8-12-20-24;1-3-5-4-2/h21-24H,1-20H2;3-4H,1-2H2. The molecule has 0 aliphatic heterocycles. The maximum Gasteiger partial charge on any atom is 0.0829 e. The number of hydrogen-bond acceptors (Lipinski definition) is 3. The highest BCUT2D eigenvalue weighted by atomic mass is 16.5. The predicted octanol–water partition coefficient (Wildman–Crippen LogP) is 7.53. The Labute approximate surface area is 181 Å². The summed E-state index contributed by atoms with van der Waals surface area (Å²) in [5, 5.41) is 17.5. The monoisotopic (exact) mass is 410 g/mol. The highest BCUT2D eigenvalue weighted by molar-refractivity contribution is 4.73. The first-order valence-corrected chi connectivity index (χ1v) is 12.4. The summed E-state index contributed by atoms with van der Waals surface area (Å²) in [5.74, 6) is 2.05. The van der Waals surface area contributed by atoms with Crippen LogP contribution in [0.15, 0.2) is 25.7 Å². The van der Waals surface area contributed by atoms with Crippen molar-refractivity contribution in [1.29, 1.82) is 0 Å². The Balaban J connectivity index is 0.00000139. The lowest BCUT2D eigenvalue weighted by atomic mass is 9.78. The maximum atomic E-state index is 8.76. The molecule has 0 heterocycles. The van der Waals surface area contributed by atoms with Crippen molar-refractivity contribution in [2.75, 3.05) is 13.2 Å². The van der Waals surface area contributed by atoms with Gasteiger partial charge in [-0.25, -0.2) is 0 Å². The fourth-order valence-electron chi connectivity index (χ4n) is 4.38. The summed E-state index contributed by atoms with van der Waals surface area (Å²) in [6.45, 7) is 7.25. The van der Waals surface area contributed by atoms with E-state index < -0.39 is 0 Å². The van der Waals surface area contributed by atoms with Crippen molar-refractivity contribution >= 4 is 0 Å². The fourth-order valence-corrected chi connectivity index (χ4v) is 4.38. The summed E-state index contributed by atoms with van der Waals surface area (Å²) < 4.78 is 4.36. The van der Waals surface area contributed by atoms with Crippen molar-refractivity contribution in [3.63, 3.8) is 0 Å². The molecule has 0 amide bonds. The fraction of sp³-hybridized carbons (Fsp3) is 0.846. The molecule has 1 aliphatic rings. The number of aliphatic hydroxyl groups is 2. The Bertz CT molecular complexity index is 303. The van der Waals surface area contributed by atoms with Crippen LogP contribution >= 0.6 is 0 Å². The number of aliphatic hydroxyl groups excluding tert-OH is 2. The zero-order chi connectivity index (χ0) is 21.4. The van der Waals surface area contributed by atoms with Crippen molar-refractivity contribution in [1.82, 2.24) is 0 Å². The normalized spacial score (nSPS) is 18.6. The molecular formula is C26H50O3. The van der Waals surface area contributed by atoms with Gasteiger partial charge in [0, 0.05) is 13.2 Å². The van der Waals surface area contributed by atoms with Gasteiger partial charge >= 0.3 is 0 Å². The van der Waals surface area contributed by atoms with Gasteiger partial charge in [0.25, 0.3) is 0 Å².